The maximum atomic E-state index is 12.5. The average molecular weight is 422 g/mol. The standard InChI is InChI=1S/C23H31N3O2.C3H4/c1-17(20-7-9-21(10-8-20)23(24)28)5-6-19-11-13-26(22(27)16-19)15-14-25-12-3-4-18(25)2;1-3-2/h5-10,18H,3-4,11-16H2,1-2H3,(H2,24,28);1H,2H3/b17-5+,19-6-;/t18-;/m1./s1. The number of likely N-dealkylation sites (tertiary alicyclic amines) is 2. The van der Waals surface area contributed by atoms with E-state index in [0.29, 0.717) is 18.0 Å². The van der Waals surface area contributed by atoms with E-state index in [2.05, 4.69) is 36.3 Å². The number of amides is 2. The van der Waals surface area contributed by atoms with E-state index in [4.69, 9.17) is 5.73 Å². The zero-order valence-electron chi connectivity index (χ0n) is 19.1. The molecule has 0 radical (unpaired) electrons. The first kappa shape index (κ1) is 24.4. The molecule has 2 aliphatic rings. The smallest absolute Gasteiger partial charge is 0.248 e. The molecule has 2 N–H and O–H groups in total. The van der Waals surface area contributed by atoms with Gasteiger partial charge in [-0.25, -0.2) is 0 Å². The van der Waals surface area contributed by atoms with E-state index in [0.717, 1.165) is 37.2 Å². The Kier molecular flexibility index (Phi) is 9.55. The molecule has 0 saturated carbocycles. The van der Waals surface area contributed by atoms with Crippen molar-refractivity contribution in [1.82, 2.24) is 9.80 Å². The highest BCUT2D eigenvalue weighted by Gasteiger charge is 2.24. The molecule has 3 rings (SSSR count). The molecule has 0 aliphatic carbocycles. The highest BCUT2D eigenvalue weighted by Crippen LogP contribution is 2.21. The molecule has 5 nitrogen and oxygen atoms in total. The minimum Gasteiger partial charge on any atom is -0.366 e. The van der Waals surface area contributed by atoms with E-state index >= 15 is 0 Å². The average Bonchev–Trinajstić information content (AvgIpc) is 3.16. The minimum absolute atomic E-state index is 0.237. The number of rotatable bonds is 6. The minimum atomic E-state index is -0.417. The second-order valence-electron chi connectivity index (χ2n) is 8.24. The highest BCUT2D eigenvalue weighted by atomic mass is 16.2. The predicted octanol–water partition coefficient (Wildman–Crippen LogP) is 3.86. The Bertz CT molecular complexity index is 862. The molecule has 2 heterocycles. The molecule has 31 heavy (non-hydrogen) atoms. The molecular formula is C26H35N3O2. The highest BCUT2D eigenvalue weighted by molar-refractivity contribution is 5.93. The van der Waals surface area contributed by atoms with Crippen molar-refractivity contribution in [2.24, 2.45) is 5.73 Å². The van der Waals surface area contributed by atoms with Crippen molar-refractivity contribution in [3.05, 3.63) is 53.1 Å². The fourth-order valence-corrected chi connectivity index (χ4v) is 3.99. The van der Waals surface area contributed by atoms with Gasteiger partial charge in [0.2, 0.25) is 11.8 Å². The zero-order valence-corrected chi connectivity index (χ0v) is 19.1. The Hall–Kier alpha value is -2.84. The van der Waals surface area contributed by atoms with E-state index in [1.165, 1.54) is 25.0 Å². The van der Waals surface area contributed by atoms with Crippen LogP contribution in [0, 0.1) is 12.3 Å². The van der Waals surface area contributed by atoms with Gasteiger partial charge in [0.1, 0.15) is 0 Å². The van der Waals surface area contributed by atoms with Gasteiger partial charge in [0, 0.05) is 37.7 Å². The second-order valence-corrected chi connectivity index (χ2v) is 8.24. The number of allylic oxidation sites excluding steroid dienone is 3. The molecular weight excluding hydrogens is 386 g/mol. The lowest BCUT2D eigenvalue weighted by atomic mass is 10.0. The van der Waals surface area contributed by atoms with Gasteiger partial charge in [-0.2, -0.15) is 0 Å². The fraction of sp³-hybridized carbons (Fsp3) is 0.462. The van der Waals surface area contributed by atoms with E-state index < -0.39 is 5.91 Å². The fourth-order valence-electron chi connectivity index (χ4n) is 3.99. The number of primary amides is 1. The normalized spacial score (nSPS) is 20.9. The monoisotopic (exact) mass is 421 g/mol. The Labute approximate surface area is 187 Å². The molecule has 166 valence electrons. The zero-order chi connectivity index (χ0) is 22.8. The van der Waals surface area contributed by atoms with Crippen molar-refractivity contribution < 1.29 is 9.59 Å². The van der Waals surface area contributed by atoms with E-state index in [1.54, 1.807) is 19.1 Å². The number of carbonyl (C=O) groups excluding carboxylic acids is 2. The van der Waals surface area contributed by atoms with Crippen LogP contribution in [0.4, 0.5) is 0 Å². The Morgan fingerprint density at radius 1 is 1.23 bits per heavy atom. The molecule has 0 spiro atoms. The molecule has 5 heteroatoms. The van der Waals surface area contributed by atoms with E-state index in [-0.39, 0.29) is 5.91 Å². The maximum Gasteiger partial charge on any atom is 0.248 e. The quantitative estimate of drug-likeness (QED) is 0.709. The summed E-state index contributed by atoms with van der Waals surface area (Å²) in [4.78, 5) is 28.2. The number of benzene rings is 1. The van der Waals surface area contributed by atoms with Crippen molar-refractivity contribution in [3.63, 3.8) is 0 Å². The Morgan fingerprint density at radius 2 is 1.87 bits per heavy atom. The first-order chi connectivity index (χ1) is 14.8. The summed E-state index contributed by atoms with van der Waals surface area (Å²) in [6, 6.07) is 7.94. The first-order valence-electron chi connectivity index (χ1n) is 11.0. The topological polar surface area (TPSA) is 66.6 Å². The molecule has 0 unspecified atom stereocenters. The lowest BCUT2D eigenvalue weighted by molar-refractivity contribution is -0.131. The third kappa shape index (κ3) is 7.41. The van der Waals surface area contributed by atoms with Crippen LogP contribution in [0.15, 0.2) is 42.0 Å². The van der Waals surface area contributed by atoms with Gasteiger partial charge in [0.15, 0.2) is 0 Å². The van der Waals surface area contributed by atoms with Gasteiger partial charge in [-0.3, -0.25) is 14.5 Å². The van der Waals surface area contributed by atoms with Crippen molar-refractivity contribution in [2.75, 3.05) is 26.2 Å². The molecule has 2 amide bonds. The molecule has 1 aromatic rings. The van der Waals surface area contributed by atoms with Gasteiger partial charge in [-0.05, 0) is 69.8 Å². The van der Waals surface area contributed by atoms with E-state index in [9.17, 15) is 9.59 Å². The maximum absolute atomic E-state index is 12.5. The van der Waals surface area contributed by atoms with Crippen molar-refractivity contribution >= 4 is 17.4 Å². The number of terminal acetylenes is 1. The van der Waals surface area contributed by atoms with Gasteiger partial charge in [0.05, 0.1) is 0 Å². The Balaban J connectivity index is 0.00000107. The van der Waals surface area contributed by atoms with Crippen molar-refractivity contribution in [1.29, 1.82) is 0 Å². The SMILES string of the molecule is C#CC.C/C(=C\C=C1\CCN(CCN2CCC[C@H]2C)C(=O)C1)c1ccc(C(N)=O)cc1. The molecule has 0 bridgehead atoms. The van der Waals surface area contributed by atoms with Gasteiger partial charge < -0.3 is 10.6 Å². The summed E-state index contributed by atoms with van der Waals surface area (Å²) >= 11 is 0. The number of piperidine rings is 1. The summed E-state index contributed by atoms with van der Waals surface area (Å²) in [6.45, 7) is 9.78. The number of hydrogen-bond acceptors (Lipinski definition) is 3. The summed E-state index contributed by atoms with van der Waals surface area (Å²) in [5.74, 6) is 2.07. The molecule has 0 aromatic heterocycles. The molecule has 1 atom stereocenters. The summed E-state index contributed by atoms with van der Waals surface area (Å²) in [5, 5.41) is 0. The number of nitrogens with two attached hydrogens (primary N) is 1. The summed E-state index contributed by atoms with van der Waals surface area (Å²) in [5.41, 5.74) is 9.12. The van der Waals surface area contributed by atoms with Crippen LogP contribution in [0.5, 0.6) is 0 Å². The van der Waals surface area contributed by atoms with Crippen LogP contribution in [0.25, 0.3) is 5.57 Å². The van der Waals surface area contributed by atoms with Gasteiger partial charge >= 0.3 is 0 Å². The Morgan fingerprint density at radius 3 is 2.42 bits per heavy atom. The third-order valence-electron chi connectivity index (χ3n) is 5.98. The lowest BCUT2D eigenvalue weighted by Gasteiger charge is -2.31. The van der Waals surface area contributed by atoms with Crippen molar-refractivity contribution in [3.8, 4) is 12.3 Å². The molecule has 2 fully saturated rings. The molecule has 2 saturated heterocycles. The number of carbonyl (C=O) groups is 2. The van der Waals surface area contributed by atoms with Crippen LogP contribution in [-0.4, -0.2) is 53.8 Å². The van der Waals surface area contributed by atoms with Gasteiger partial charge in [0.25, 0.3) is 0 Å². The predicted molar refractivity (Wildman–Crippen MR) is 127 cm³/mol. The first-order valence-corrected chi connectivity index (χ1v) is 11.0. The number of nitrogens with zero attached hydrogens (tertiary/aromatic N) is 2. The summed E-state index contributed by atoms with van der Waals surface area (Å²) < 4.78 is 0. The molecule has 2 aliphatic heterocycles. The van der Waals surface area contributed by atoms with Crippen LogP contribution in [-0.2, 0) is 4.79 Å². The van der Waals surface area contributed by atoms with Gasteiger partial charge in [-0.15, -0.1) is 12.3 Å². The van der Waals surface area contributed by atoms with Crippen LogP contribution < -0.4 is 5.73 Å². The van der Waals surface area contributed by atoms with Crippen LogP contribution in [0.1, 0.15) is 62.4 Å². The summed E-state index contributed by atoms with van der Waals surface area (Å²) in [6.07, 6.45) is 12.7. The third-order valence-corrected chi connectivity index (χ3v) is 5.98. The van der Waals surface area contributed by atoms with Crippen LogP contribution in [0.2, 0.25) is 0 Å². The molecule has 1 aromatic carbocycles. The van der Waals surface area contributed by atoms with Crippen LogP contribution in [0.3, 0.4) is 0 Å². The largest absolute Gasteiger partial charge is 0.366 e. The number of hydrogen-bond donors (Lipinski definition) is 1. The van der Waals surface area contributed by atoms with Crippen LogP contribution >= 0.6 is 0 Å². The lowest BCUT2D eigenvalue weighted by Crippen LogP contribution is -2.42. The van der Waals surface area contributed by atoms with Gasteiger partial charge in [-0.1, -0.05) is 29.9 Å². The summed E-state index contributed by atoms with van der Waals surface area (Å²) in [7, 11) is 0. The second kappa shape index (κ2) is 12.1. The van der Waals surface area contributed by atoms with Crippen molar-refractivity contribution in [2.45, 2.75) is 52.5 Å². The van der Waals surface area contributed by atoms with E-state index in [1.807, 2.05) is 24.0 Å².